The van der Waals surface area contributed by atoms with E-state index in [1.807, 2.05) is 11.7 Å². The Hall–Kier alpha value is -0.390. The van der Waals surface area contributed by atoms with Gasteiger partial charge in [0.05, 0.1) is 15.9 Å². The molecular weight excluding hydrogens is 316 g/mol. The highest BCUT2D eigenvalue weighted by atomic mass is 79.9. The van der Waals surface area contributed by atoms with Gasteiger partial charge in [-0.1, -0.05) is 13.3 Å². The minimum absolute atomic E-state index is 0.655. The third-order valence-electron chi connectivity index (χ3n) is 4.89. The Morgan fingerprint density at radius 3 is 2.90 bits per heavy atom. The van der Waals surface area contributed by atoms with Crippen LogP contribution < -0.4 is 5.32 Å². The van der Waals surface area contributed by atoms with Gasteiger partial charge in [0.15, 0.2) is 0 Å². The van der Waals surface area contributed by atoms with Crippen LogP contribution in [0.5, 0.6) is 0 Å². The fraction of sp³-hybridized carbons (Fsp3) is 0.800. The van der Waals surface area contributed by atoms with Gasteiger partial charge in [-0.05, 0) is 48.2 Å². The molecule has 0 saturated carbocycles. The Morgan fingerprint density at radius 2 is 2.15 bits per heavy atom. The summed E-state index contributed by atoms with van der Waals surface area (Å²) >= 11 is 3.71. The van der Waals surface area contributed by atoms with Gasteiger partial charge in [-0.15, -0.1) is 0 Å². The number of aromatic nitrogens is 2. The maximum atomic E-state index is 4.57. The lowest BCUT2D eigenvalue weighted by molar-refractivity contribution is 0.180. The molecule has 112 valence electrons. The number of halogens is 1. The average molecular weight is 341 g/mol. The van der Waals surface area contributed by atoms with Crippen LogP contribution in [0.1, 0.15) is 44.0 Å². The van der Waals surface area contributed by atoms with Crippen molar-refractivity contribution in [2.75, 3.05) is 13.1 Å². The molecule has 2 fully saturated rings. The van der Waals surface area contributed by atoms with Gasteiger partial charge >= 0.3 is 0 Å². The first-order valence-electron chi connectivity index (χ1n) is 7.88. The Labute approximate surface area is 130 Å². The van der Waals surface area contributed by atoms with Crippen LogP contribution >= 0.6 is 15.9 Å². The Morgan fingerprint density at radius 1 is 1.30 bits per heavy atom. The lowest BCUT2D eigenvalue weighted by Crippen LogP contribution is -2.44. The molecule has 2 aliphatic heterocycles. The summed E-state index contributed by atoms with van der Waals surface area (Å²) in [6.07, 6.45) is 6.42. The SMILES string of the molecule is CCc1nn(C)c(CNC2CCN3CCCCC23)c1Br. The Kier molecular flexibility index (Phi) is 4.48. The summed E-state index contributed by atoms with van der Waals surface area (Å²) in [4.78, 5) is 2.68. The first-order chi connectivity index (χ1) is 9.70. The second kappa shape index (κ2) is 6.16. The maximum absolute atomic E-state index is 4.57. The van der Waals surface area contributed by atoms with Gasteiger partial charge in [0.25, 0.3) is 0 Å². The van der Waals surface area contributed by atoms with Crippen LogP contribution in [0.2, 0.25) is 0 Å². The molecule has 3 heterocycles. The fourth-order valence-corrected chi connectivity index (χ4v) is 4.48. The van der Waals surface area contributed by atoms with E-state index in [0.717, 1.165) is 24.7 Å². The van der Waals surface area contributed by atoms with Crippen molar-refractivity contribution >= 4 is 15.9 Å². The van der Waals surface area contributed by atoms with Crippen molar-refractivity contribution < 1.29 is 0 Å². The maximum Gasteiger partial charge on any atom is 0.0767 e. The molecule has 20 heavy (non-hydrogen) atoms. The van der Waals surface area contributed by atoms with E-state index in [1.54, 1.807) is 0 Å². The lowest BCUT2D eigenvalue weighted by Gasteiger charge is -2.32. The largest absolute Gasteiger partial charge is 0.307 e. The highest BCUT2D eigenvalue weighted by molar-refractivity contribution is 9.10. The number of piperidine rings is 1. The summed E-state index contributed by atoms with van der Waals surface area (Å²) in [6, 6.07) is 1.42. The molecule has 0 radical (unpaired) electrons. The minimum atomic E-state index is 0.655. The summed E-state index contributed by atoms with van der Waals surface area (Å²) in [7, 11) is 2.04. The van der Waals surface area contributed by atoms with Crippen LogP contribution in [0.3, 0.4) is 0 Å². The van der Waals surface area contributed by atoms with Crippen LogP contribution in [0.4, 0.5) is 0 Å². The van der Waals surface area contributed by atoms with Crippen LogP contribution in [0.25, 0.3) is 0 Å². The van der Waals surface area contributed by atoms with Crippen molar-refractivity contribution in [3.8, 4) is 0 Å². The molecule has 5 heteroatoms. The van der Waals surface area contributed by atoms with E-state index in [-0.39, 0.29) is 0 Å². The monoisotopic (exact) mass is 340 g/mol. The zero-order valence-corrected chi connectivity index (χ0v) is 14.1. The highest BCUT2D eigenvalue weighted by Crippen LogP contribution is 2.28. The van der Waals surface area contributed by atoms with E-state index < -0.39 is 0 Å². The molecule has 1 aromatic heterocycles. The summed E-state index contributed by atoms with van der Waals surface area (Å²) in [5.74, 6) is 0. The van der Waals surface area contributed by atoms with Crippen LogP contribution in [0.15, 0.2) is 4.47 Å². The van der Waals surface area contributed by atoms with Crippen LogP contribution in [-0.4, -0.2) is 39.9 Å². The molecule has 3 rings (SSSR count). The quantitative estimate of drug-likeness (QED) is 0.913. The van der Waals surface area contributed by atoms with E-state index in [2.05, 4.69) is 38.2 Å². The zero-order chi connectivity index (χ0) is 14.1. The van der Waals surface area contributed by atoms with Crippen LogP contribution in [-0.2, 0) is 20.0 Å². The van der Waals surface area contributed by atoms with Crippen molar-refractivity contribution in [3.63, 3.8) is 0 Å². The van der Waals surface area contributed by atoms with Gasteiger partial charge in [-0.25, -0.2) is 0 Å². The topological polar surface area (TPSA) is 33.1 Å². The molecule has 1 aromatic rings. The molecule has 2 saturated heterocycles. The first-order valence-corrected chi connectivity index (χ1v) is 8.67. The third kappa shape index (κ3) is 2.68. The highest BCUT2D eigenvalue weighted by Gasteiger charge is 2.35. The molecule has 0 amide bonds. The molecular formula is C15H25BrN4. The van der Waals surface area contributed by atoms with E-state index in [1.165, 1.54) is 48.9 Å². The number of hydrogen-bond donors (Lipinski definition) is 1. The fourth-order valence-electron chi connectivity index (χ4n) is 3.73. The van der Waals surface area contributed by atoms with Crippen molar-refractivity contribution in [2.45, 2.75) is 57.7 Å². The summed E-state index contributed by atoms with van der Waals surface area (Å²) in [6.45, 7) is 5.65. The minimum Gasteiger partial charge on any atom is -0.307 e. The summed E-state index contributed by atoms with van der Waals surface area (Å²) in [5.41, 5.74) is 2.44. The van der Waals surface area contributed by atoms with E-state index >= 15 is 0 Å². The molecule has 0 bridgehead atoms. The van der Waals surface area contributed by atoms with Crippen LogP contribution in [0, 0.1) is 0 Å². The van der Waals surface area contributed by atoms with Crippen molar-refractivity contribution in [1.82, 2.24) is 20.0 Å². The van der Waals surface area contributed by atoms with E-state index in [9.17, 15) is 0 Å². The lowest BCUT2D eigenvalue weighted by atomic mass is 9.99. The second-order valence-electron chi connectivity index (χ2n) is 6.06. The number of hydrogen-bond acceptors (Lipinski definition) is 3. The normalized spacial score (nSPS) is 26.9. The van der Waals surface area contributed by atoms with Gasteiger partial charge in [0, 0.05) is 32.2 Å². The number of nitrogens with zero attached hydrogens (tertiary/aromatic N) is 3. The molecule has 2 aliphatic rings. The molecule has 2 unspecified atom stereocenters. The molecule has 0 spiro atoms. The molecule has 2 atom stereocenters. The smallest absolute Gasteiger partial charge is 0.0767 e. The van der Waals surface area contributed by atoms with Gasteiger partial charge in [0.1, 0.15) is 0 Å². The van der Waals surface area contributed by atoms with E-state index in [0.29, 0.717) is 6.04 Å². The average Bonchev–Trinajstić information content (AvgIpc) is 2.99. The molecule has 0 aliphatic carbocycles. The molecule has 4 nitrogen and oxygen atoms in total. The predicted octanol–water partition coefficient (Wildman–Crippen LogP) is 2.46. The number of aryl methyl sites for hydroxylation is 2. The number of rotatable bonds is 4. The Bertz CT molecular complexity index is 471. The first kappa shape index (κ1) is 14.5. The second-order valence-corrected chi connectivity index (χ2v) is 6.85. The van der Waals surface area contributed by atoms with E-state index in [4.69, 9.17) is 0 Å². The Balaban J connectivity index is 1.63. The van der Waals surface area contributed by atoms with Crippen molar-refractivity contribution in [1.29, 1.82) is 0 Å². The van der Waals surface area contributed by atoms with Gasteiger partial charge in [-0.3, -0.25) is 9.58 Å². The molecule has 0 aromatic carbocycles. The van der Waals surface area contributed by atoms with Crippen molar-refractivity contribution in [3.05, 3.63) is 15.9 Å². The molecule has 1 N–H and O–H groups in total. The van der Waals surface area contributed by atoms with Crippen molar-refractivity contribution in [2.24, 2.45) is 7.05 Å². The number of fused-ring (bicyclic) bond motifs is 1. The van der Waals surface area contributed by atoms with Gasteiger partial charge in [-0.2, -0.15) is 5.10 Å². The zero-order valence-electron chi connectivity index (χ0n) is 12.5. The summed E-state index contributed by atoms with van der Waals surface area (Å²) < 4.78 is 3.21. The van der Waals surface area contributed by atoms with Gasteiger partial charge < -0.3 is 5.32 Å². The predicted molar refractivity (Wildman–Crippen MR) is 84.7 cm³/mol. The third-order valence-corrected chi connectivity index (χ3v) is 5.81. The number of nitrogens with one attached hydrogen (secondary N) is 1. The summed E-state index contributed by atoms with van der Waals surface area (Å²) in [5, 5.41) is 8.36. The van der Waals surface area contributed by atoms with Gasteiger partial charge in [0.2, 0.25) is 0 Å². The standard InChI is InChI=1S/C15H25BrN4/c1-3-11-15(16)14(19(2)18-11)10-17-12-7-9-20-8-5-4-6-13(12)20/h12-13,17H,3-10H2,1-2H3.